The summed E-state index contributed by atoms with van der Waals surface area (Å²) >= 11 is 1.28. The highest BCUT2D eigenvalue weighted by atomic mass is 32.1. The van der Waals surface area contributed by atoms with E-state index in [-0.39, 0.29) is 11.3 Å². The molecule has 40 heavy (non-hydrogen) atoms. The second-order valence-corrected chi connectivity index (χ2v) is 8.99. The molecule has 0 spiro atoms. The van der Waals surface area contributed by atoms with Gasteiger partial charge in [-0.15, -0.1) is 11.3 Å². The van der Waals surface area contributed by atoms with Gasteiger partial charge in [-0.2, -0.15) is 5.10 Å². The number of amides is 3. The maximum absolute atomic E-state index is 12.8. The molecule has 1 heterocycles. The molecular formula is C29H24N4O6S. The number of hydrogen-bond acceptors (Lipinski definition) is 8. The molecule has 0 atom stereocenters. The van der Waals surface area contributed by atoms with Crippen LogP contribution in [-0.2, 0) is 9.59 Å². The van der Waals surface area contributed by atoms with Gasteiger partial charge in [0, 0.05) is 5.69 Å². The lowest BCUT2D eigenvalue weighted by molar-refractivity contribution is -0.136. The topological polar surface area (TPSA) is 135 Å². The normalized spacial score (nSPS) is 10.5. The van der Waals surface area contributed by atoms with Crippen LogP contribution in [0.3, 0.4) is 0 Å². The number of nitrogens with one attached hydrogen (secondary N) is 3. The molecule has 10 nitrogen and oxygen atoms in total. The van der Waals surface area contributed by atoms with Crippen molar-refractivity contribution < 1.29 is 28.7 Å². The molecule has 0 aliphatic heterocycles. The van der Waals surface area contributed by atoms with Gasteiger partial charge in [0.1, 0.15) is 16.4 Å². The van der Waals surface area contributed by atoms with Gasteiger partial charge in [-0.25, -0.2) is 10.2 Å². The maximum atomic E-state index is 12.8. The summed E-state index contributed by atoms with van der Waals surface area (Å²) in [5.41, 5.74) is 3.59. The predicted octanol–water partition coefficient (Wildman–Crippen LogP) is 4.71. The molecule has 0 fully saturated rings. The first kappa shape index (κ1) is 27.7. The Morgan fingerprint density at radius 1 is 0.825 bits per heavy atom. The molecule has 0 saturated heterocycles. The zero-order valence-electron chi connectivity index (χ0n) is 21.2. The largest absolute Gasteiger partial charge is 0.494 e. The predicted molar refractivity (Wildman–Crippen MR) is 152 cm³/mol. The zero-order chi connectivity index (χ0) is 28.3. The average molecular weight is 557 g/mol. The molecule has 202 valence electrons. The van der Waals surface area contributed by atoms with Gasteiger partial charge in [0.25, 0.3) is 5.91 Å². The van der Waals surface area contributed by atoms with E-state index in [2.05, 4.69) is 21.2 Å². The summed E-state index contributed by atoms with van der Waals surface area (Å²) in [4.78, 5) is 50.1. The van der Waals surface area contributed by atoms with E-state index >= 15 is 0 Å². The number of hydrogen-bond donors (Lipinski definition) is 3. The lowest BCUT2D eigenvalue weighted by Crippen LogP contribution is -2.33. The fraction of sp³-hybridized carbons (Fsp3) is 0.0690. The van der Waals surface area contributed by atoms with Gasteiger partial charge in [0.05, 0.1) is 24.1 Å². The third-order valence-corrected chi connectivity index (χ3v) is 6.09. The van der Waals surface area contributed by atoms with Crippen LogP contribution in [0.1, 0.15) is 32.5 Å². The number of ether oxygens (including phenoxy) is 2. The van der Waals surface area contributed by atoms with Crippen molar-refractivity contribution in [1.29, 1.82) is 0 Å². The number of anilines is 2. The van der Waals surface area contributed by atoms with E-state index in [9.17, 15) is 19.2 Å². The summed E-state index contributed by atoms with van der Waals surface area (Å²) in [6, 6.07) is 23.0. The molecule has 0 radical (unpaired) electrons. The number of para-hydroxylation sites is 1. The van der Waals surface area contributed by atoms with Crippen LogP contribution in [0.5, 0.6) is 11.5 Å². The first-order valence-corrected chi connectivity index (χ1v) is 12.9. The highest BCUT2D eigenvalue weighted by molar-refractivity contribution is 7.12. The molecule has 4 rings (SSSR count). The van der Waals surface area contributed by atoms with Crippen LogP contribution in [0.25, 0.3) is 0 Å². The Labute approximate surface area is 233 Å². The molecule has 3 N–H and O–H groups in total. The minimum atomic E-state index is -1.03. The molecule has 3 aromatic carbocycles. The second-order valence-electron chi connectivity index (χ2n) is 8.05. The van der Waals surface area contributed by atoms with Crippen molar-refractivity contribution in [3.8, 4) is 11.5 Å². The third kappa shape index (κ3) is 7.62. The van der Waals surface area contributed by atoms with Crippen LogP contribution >= 0.6 is 11.3 Å². The number of hydrazone groups is 1. The molecule has 11 heteroatoms. The Bertz CT molecular complexity index is 1520. The van der Waals surface area contributed by atoms with E-state index in [4.69, 9.17) is 9.47 Å². The molecular weight excluding hydrogens is 532 g/mol. The van der Waals surface area contributed by atoms with Crippen molar-refractivity contribution in [3.63, 3.8) is 0 Å². The summed E-state index contributed by atoms with van der Waals surface area (Å²) < 4.78 is 10.7. The van der Waals surface area contributed by atoms with Crippen LogP contribution in [0.4, 0.5) is 11.4 Å². The SMILES string of the molecule is CCOc1ccc(NC(=O)c2ccccc2NC(=O)C(=O)NN=Cc2ccc(OC(=O)c3cccs3)cc2)cc1. The van der Waals surface area contributed by atoms with Crippen LogP contribution in [0, 0.1) is 0 Å². The number of thiophene rings is 1. The summed E-state index contributed by atoms with van der Waals surface area (Å²) in [6.07, 6.45) is 1.33. The van der Waals surface area contributed by atoms with Gasteiger partial charge in [-0.05, 0) is 84.6 Å². The highest BCUT2D eigenvalue weighted by Crippen LogP contribution is 2.20. The minimum Gasteiger partial charge on any atom is -0.494 e. The van der Waals surface area contributed by atoms with Crippen molar-refractivity contribution in [2.45, 2.75) is 6.92 Å². The van der Waals surface area contributed by atoms with Crippen molar-refractivity contribution in [2.24, 2.45) is 5.10 Å². The molecule has 0 unspecified atom stereocenters. The Kier molecular flexibility index (Phi) is 9.35. The van der Waals surface area contributed by atoms with Crippen molar-refractivity contribution >= 4 is 52.6 Å². The molecule has 0 saturated carbocycles. The van der Waals surface area contributed by atoms with E-state index in [1.165, 1.54) is 29.7 Å². The van der Waals surface area contributed by atoms with Crippen LogP contribution in [0.2, 0.25) is 0 Å². The van der Waals surface area contributed by atoms with E-state index in [0.29, 0.717) is 34.2 Å². The van der Waals surface area contributed by atoms with E-state index < -0.39 is 23.7 Å². The molecule has 0 aliphatic carbocycles. The van der Waals surface area contributed by atoms with Crippen LogP contribution in [0.15, 0.2) is 95.4 Å². The van der Waals surface area contributed by atoms with Crippen molar-refractivity contribution in [1.82, 2.24) is 5.43 Å². The van der Waals surface area contributed by atoms with Crippen molar-refractivity contribution in [2.75, 3.05) is 17.2 Å². The number of carbonyl (C=O) groups excluding carboxylic acids is 4. The standard InChI is InChI=1S/C29H24N4O6S/c1-2-38-21-15-11-20(12-16-21)31-26(34)23-6-3-4-7-24(23)32-27(35)28(36)33-30-18-19-9-13-22(14-10-19)39-29(37)25-8-5-17-40-25/h3-18H,2H2,1H3,(H,31,34)(H,32,35)(H,33,36). The number of benzene rings is 3. The smallest absolute Gasteiger partial charge is 0.353 e. The fourth-order valence-corrected chi connectivity index (χ4v) is 3.96. The first-order chi connectivity index (χ1) is 19.4. The fourth-order valence-electron chi connectivity index (χ4n) is 3.36. The molecule has 3 amide bonds. The average Bonchev–Trinajstić information content (AvgIpc) is 3.51. The van der Waals surface area contributed by atoms with Gasteiger partial charge in [-0.1, -0.05) is 18.2 Å². The zero-order valence-corrected chi connectivity index (χ0v) is 22.1. The summed E-state index contributed by atoms with van der Waals surface area (Å²) in [7, 11) is 0. The molecule has 0 aliphatic rings. The summed E-state index contributed by atoms with van der Waals surface area (Å²) in [5, 5.41) is 10.8. The van der Waals surface area contributed by atoms with Gasteiger partial charge in [0.2, 0.25) is 0 Å². The molecule has 0 bridgehead atoms. The minimum absolute atomic E-state index is 0.155. The maximum Gasteiger partial charge on any atom is 0.353 e. The Morgan fingerprint density at radius 2 is 1.55 bits per heavy atom. The van der Waals surface area contributed by atoms with Gasteiger partial charge in [0.15, 0.2) is 0 Å². The lowest BCUT2D eigenvalue weighted by atomic mass is 10.1. The van der Waals surface area contributed by atoms with E-state index in [1.54, 1.807) is 78.2 Å². The van der Waals surface area contributed by atoms with Crippen LogP contribution < -0.4 is 25.5 Å². The lowest BCUT2D eigenvalue weighted by Gasteiger charge is -2.11. The van der Waals surface area contributed by atoms with Crippen LogP contribution in [-0.4, -0.2) is 36.5 Å². The molecule has 1 aromatic heterocycles. The highest BCUT2D eigenvalue weighted by Gasteiger charge is 2.18. The number of carbonyl (C=O) groups is 4. The van der Waals surface area contributed by atoms with Gasteiger partial charge < -0.3 is 20.1 Å². The molecule has 4 aromatic rings. The van der Waals surface area contributed by atoms with Gasteiger partial charge >= 0.3 is 17.8 Å². The Morgan fingerprint density at radius 3 is 2.25 bits per heavy atom. The summed E-state index contributed by atoms with van der Waals surface area (Å²) in [5.74, 6) is -1.93. The van der Waals surface area contributed by atoms with Crippen molar-refractivity contribution in [3.05, 3.63) is 106 Å². The Hall–Kier alpha value is -5.29. The number of rotatable bonds is 9. The summed E-state index contributed by atoms with van der Waals surface area (Å²) in [6.45, 7) is 2.40. The quantitative estimate of drug-likeness (QED) is 0.0899. The van der Waals surface area contributed by atoms with E-state index in [0.717, 1.165) is 0 Å². The Balaban J connectivity index is 1.30. The second kappa shape index (κ2) is 13.5. The van der Waals surface area contributed by atoms with Gasteiger partial charge in [-0.3, -0.25) is 14.4 Å². The van der Waals surface area contributed by atoms with E-state index in [1.807, 2.05) is 6.92 Å². The third-order valence-electron chi connectivity index (χ3n) is 5.24. The number of esters is 1. The monoisotopic (exact) mass is 556 g/mol. The number of nitrogens with zero attached hydrogens (tertiary/aromatic N) is 1. The first-order valence-electron chi connectivity index (χ1n) is 12.1.